The Labute approximate surface area is 72.6 Å². The number of rotatable bonds is 1. The molecular weight excluding hydrogens is 154 g/mol. The summed E-state index contributed by atoms with van der Waals surface area (Å²) in [6.07, 6.45) is 4.15. The van der Waals surface area contributed by atoms with E-state index in [9.17, 15) is 10.2 Å². The van der Waals surface area contributed by atoms with E-state index in [4.69, 9.17) is 5.26 Å². The minimum absolute atomic E-state index is 0.604. The normalized spacial score (nSPS) is 23.2. The van der Waals surface area contributed by atoms with Crippen molar-refractivity contribution in [2.24, 2.45) is 5.41 Å². The predicted octanol–water partition coefficient (Wildman–Crippen LogP) is 1.16. The van der Waals surface area contributed by atoms with Gasteiger partial charge in [-0.05, 0) is 19.8 Å². The first-order valence-electron chi connectivity index (χ1n) is 4.38. The van der Waals surface area contributed by atoms with Gasteiger partial charge in [-0.25, -0.2) is 0 Å². The molecule has 0 aromatic heterocycles. The van der Waals surface area contributed by atoms with Crippen LogP contribution in [0.1, 0.15) is 39.0 Å². The number of nitriles is 1. The predicted molar refractivity (Wildman–Crippen MR) is 44.0 cm³/mol. The zero-order valence-electron chi connectivity index (χ0n) is 7.38. The summed E-state index contributed by atoms with van der Waals surface area (Å²) in [4.78, 5) is 0. The summed E-state index contributed by atoms with van der Waals surface area (Å²) in [6.45, 7) is 1.31. The fourth-order valence-corrected chi connectivity index (χ4v) is 1.85. The number of nitrogens with zero attached hydrogens (tertiary/aromatic N) is 1. The van der Waals surface area contributed by atoms with Crippen LogP contribution in [0.25, 0.3) is 0 Å². The van der Waals surface area contributed by atoms with Gasteiger partial charge in [0.2, 0.25) is 0 Å². The smallest absolute Gasteiger partial charge is 0.178 e. The largest absolute Gasteiger partial charge is 0.365 e. The Morgan fingerprint density at radius 2 is 1.75 bits per heavy atom. The highest BCUT2D eigenvalue weighted by Gasteiger charge is 2.46. The van der Waals surface area contributed by atoms with Crippen molar-refractivity contribution in [1.82, 2.24) is 0 Å². The van der Waals surface area contributed by atoms with Crippen molar-refractivity contribution in [3.8, 4) is 6.07 Å². The van der Waals surface area contributed by atoms with Gasteiger partial charge >= 0.3 is 0 Å². The van der Waals surface area contributed by atoms with Crippen LogP contribution in [-0.4, -0.2) is 16.0 Å². The highest BCUT2D eigenvalue weighted by atomic mass is 16.5. The Bertz CT molecular complexity index is 194. The fourth-order valence-electron chi connectivity index (χ4n) is 1.85. The third-order valence-electron chi connectivity index (χ3n) is 2.83. The fraction of sp³-hybridized carbons (Fsp3) is 0.889. The minimum Gasteiger partial charge on any atom is -0.365 e. The quantitative estimate of drug-likeness (QED) is 0.579. The second kappa shape index (κ2) is 3.04. The van der Waals surface area contributed by atoms with Gasteiger partial charge in [-0.3, -0.25) is 0 Å². The van der Waals surface area contributed by atoms with Gasteiger partial charge in [-0.15, -0.1) is 0 Å². The molecule has 68 valence electrons. The summed E-state index contributed by atoms with van der Waals surface area (Å²) in [5.41, 5.74) is -0.925. The third-order valence-corrected chi connectivity index (χ3v) is 2.83. The molecule has 0 unspecified atom stereocenters. The summed E-state index contributed by atoms with van der Waals surface area (Å²) < 4.78 is 0. The molecule has 1 aliphatic carbocycles. The number of aliphatic hydroxyl groups is 2. The summed E-state index contributed by atoms with van der Waals surface area (Å²) in [7, 11) is 0. The first kappa shape index (κ1) is 9.50. The van der Waals surface area contributed by atoms with Crippen molar-refractivity contribution in [1.29, 1.82) is 5.26 Å². The van der Waals surface area contributed by atoms with Crippen LogP contribution in [-0.2, 0) is 0 Å². The lowest BCUT2D eigenvalue weighted by molar-refractivity contribution is -0.218. The maximum Gasteiger partial charge on any atom is 0.178 e. The summed E-state index contributed by atoms with van der Waals surface area (Å²) >= 11 is 0. The second-order valence-electron chi connectivity index (χ2n) is 3.78. The Morgan fingerprint density at radius 1 is 1.25 bits per heavy atom. The molecule has 0 aromatic rings. The zero-order chi connectivity index (χ0) is 9.24. The molecule has 1 saturated carbocycles. The van der Waals surface area contributed by atoms with Crippen LogP contribution in [0.5, 0.6) is 0 Å². The molecule has 0 aromatic carbocycles. The van der Waals surface area contributed by atoms with Crippen molar-refractivity contribution >= 4 is 0 Å². The van der Waals surface area contributed by atoms with Crippen molar-refractivity contribution < 1.29 is 10.2 Å². The van der Waals surface area contributed by atoms with E-state index >= 15 is 0 Å². The summed E-state index contributed by atoms with van der Waals surface area (Å²) in [5, 5.41) is 27.8. The maximum absolute atomic E-state index is 9.43. The van der Waals surface area contributed by atoms with Crippen LogP contribution >= 0.6 is 0 Å². The molecule has 0 heterocycles. The first-order valence-corrected chi connectivity index (χ1v) is 4.38. The van der Waals surface area contributed by atoms with Gasteiger partial charge in [0.15, 0.2) is 5.79 Å². The Kier molecular flexibility index (Phi) is 2.41. The molecule has 12 heavy (non-hydrogen) atoms. The lowest BCUT2D eigenvalue weighted by Crippen LogP contribution is -2.46. The lowest BCUT2D eigenvalue weighted by Gasteiger charge is -2.38. The average Bonchev–Trinajstić information content (AvgIpc) is 2.04. The van der Waals surface area contributed by atoms with Crippen LogP contribution in [0.15, 0.2) is 0 Å². The van der Waals surface area contributed by atoms with E-state index in [2.05, 4.69) is 6.07 Å². The molecule has 0 aliphatic heterocycles. The van der Waals surface area contributed by atoms with E-state index in [0.29, 0.717) is 12.8 Å². The molecular formula is C9H15NO2. The monoisotopic (exact) mass is 169 g/mol. The van der Waals surface area contributed by atoms with Gasteiger partial charge < -0.3 is 10.2 Å². The van der Waals surface area contributed by atoms with Crippen LogP contribution in [0.3, 0.4) is 0 Å². The molecule has 0 bridgehead atoms. The van der Waals surface area contributed by atoms with Crippen molar-refractivity contribution in [3.05, 3.63) is 0 Å². The van der Waals surface area contributed by atoms with Gasteiger partial charge in [-0.2, -0.15) is 5.26 Å². The SMILES string of the molecule is CC(O)(O)C1(C#N)CCCCC1. The molecule has 0 saturated heterocycles. The van der Waals surface area contributed by atoms with E-state index < -0.39 is 11.2 Å². The molecule has 0 radical (unpaired) electrons. The van der Waals surface area contributed by atoms with Crippen molar-refractivity contribution in [3.63, 3.8) is 0 Å². The van der Waals surface area contributed by atoms with Gasteiger partial charge in [-0.1, -0.05) is 19.3 Å². The van der Waals surface area contributed by atoms with Gasteiger partial charge in [0, 0.05) is 0 Å². The van der Waals surface area contributed by atoms with Gasteiger partial charge in [0.25, 0.3) is 0 Å². The number of hydrogen-bond donors (Lipinski definition) is 2. The summed E-state index contributed by atoms with van der Waals surface area (Å²) in [5.74, 6) is -1.85. The second-order valence-corrected chi connectivity index (χ2v) is 3.78. The maximum atomic E-state index is 9.43. The minimum atomic E-state index is -1.85. The highest BCUT2D eigenvalue weighted by Crippen LogP contribution is 2.42. The highest BCUT2D eigenvalue weighted by molar-refractivity contribution is 5.06. The van der Waals surface area contributed by atoms with Gasteiger partial charge in [0.1, 0.15) is 5.41 Å². The van der Waals surface area contributed by atoms with E-state index in [1.165, 1.54) is 6.92 Å². The standard InChI is InChI=1S/C9H15NO2/c1-8(11,12)9(7-10)5-3-2-4-6-9/h11-12H,2-6H2,1H3. The molecule has 1 aliphatic rings. The third kappa shape index (κ3) is 1.45. The molecule has 1 rings (SSSR count). The Balaban J connectivity index is 2.83. The Hall–Kier alpha value is -0.590. The average molecular weight is 169 g/mol. The molecule has 3 heteroatoms. The molecule has 2 N–H and O–H groups in total. The van der Waals surface area contributed by atoms with Crippen molar-refractivity contribution in [2.45, 2.75) is 44.8 Å². The van der Waals surface area contributed by atoms with E-state index in [1.54, 1.807) is 0 Å². The van der Waals surface area contributed by atoms with Crippen LogP contribution in [0.2, 0.25) is 0 Å². The van der Waals surface area contributed by atoms with Crippen LogP contribution in [0, 0.1) is 16.7 Å². The van der Waals surface area contributed by atoms with Crippen molar-refractivity contribution in [2.75, 3.05) is 0 Å². The summed E-state index contributed by atoms with van der Waals surface area (Å²) in [6, 6.07) is 2.06. The topological polar surface area (TPSA) is 64.2 Å². The number of hydrogen-bond acceptors (Lipinski definition) is 3. The van der Waals surface area contributed by atoms with Crippen LogP contribution in [0.4, 0.5) is 0 Å². The lowest BCUT2D eigenvalue weighted by atomic mass is 9.70. The molecule has 0 amide bonds. The van der Waals surface area contributed by atoms with E-state index in [-0.39, 0.29) is 0 Å². The molecule has 1 fully saturated rings. The van der Waals surface area contributed by atoms with Gasteiger partial charge in [0.05, 0.1) is 6.07 Å². The first-order chi connectivity index (χ1) is 5.52. The Morgan fingerprint density at radius 3 is 2.00 bits per heavy atom. The molecule has 0 atom stereocenters. The molecule has 3 nitrogen and oxygen atoms in total. The molecule has 0 spiro atoms. The zero-order valence-corrected chi connectivity index (χ0v) is 7.38. The van der Waals surface area contributed by atoms with Crippen LogP contribution < -0.4 is 0 Å². The van der Waals surface area contributed by atoms with E-state index in [0.717, 1.165) is 19.3 Å². The van der Waals surface area contributed by atoms with E-state index in [1.807, 2.05) is 0 Å².